The minimum absolute atomic E-state index is 0.00653. The molecule has 2 aliphatic rings. The molecule has 28 heavy (non-hydrogen) atoms. The second kappa shape index (κ2) is 6.27. The van der Waals surface area contributed by atoms with Gasteiger partial charge in [0.15, 0.2) is 5.11 Å². The number of hydrogen-bond donors (Lipinski definition) is 1. The summed E-state index contributed by atoms with van der Waals surface area (Å²) in [5.41, 5.74) is 4.07. The molecular formula is C22H18FN3OS. The van der Waals surface area contributed by atoms with E-state index in [9.17, 15) is 9.18 Å². The van der Waals surface area contributed by atoms with Crippen molar-refractivity contribution < 1.29 is 9.18 Å². The van der Waals surface area contributed by atoms with Crippen molar-refractivity contribution in [3.63, 3.8) is 0 Å². The lowest BCUT2D eigenvalue weighted by atomic mass is 9.89. The van der Waals surface area contributed by atoms with Gasteiger partial charge in [-0.15, -0.1) is 6.58 Å². The number of rotatable bonds is 3. The van der Waals surface area contributed by atoms with Gasteiger partial charge in [-0.3, -0.25) is 9.69 Å². The average Bonchev–Trinajstić information content (AvgIpc) is 3.19. The number of hydrogen-bond acceptors (Lipinski definition) is 2. The van der Waals surface area contributed by atoms with Crippen LogP contribution in [0.3, 0.4) is 0 Å². The third kappa shape index (κ3) is 2.34. The van der Waals surface area contributed by atoms with Crippen molar-refractivity contribution >= 4 is 34.1 Å². The van der Waals surface area contributed by atoms with Crippen LogP contribution < -0.4 is 0 Å². The molecular weight excluding hydrogens is 373 g/mol. The second-order valence-corrected chi connectivity index (χ2v) is 7.53. The van der Waals surface area contributed by atoms with Gasteiger partial charge in [0, 0.05) is 29.6 Å². The summed E-state index contributed by atoms with van der Waals surface area (Å²) in [7, 11) is 0. The number of para-hydroxylation sites is 1. The normalized spacial score (nSPS) is 21.2. The van der Waals surface area contributed by atoms with Crippen molar-refractivity contribution in [1.29, 1.82) is 0 Å². The minimum atomic E-state index is -0.366. The minimum Gasteiger partial charge on any atom is -0.356 e. The molecule has 0 saturated carbocycles. The van der Waals surface area contributed by atoms with Gasteiger partial charge in [-0.25, -0.2) is 4.39 Å². The zero-order valence-corrected chi connectivity index (χ0v) is 15.9. The summed E-state index contributed by atoms with van der Waals surface area (Å²) in [6.45, 7) is 4.13. The van der Waals surface area contributed by atoms with Gasteiger partial charge in [-0.1, -0.05) is 36.4 Å². The summed E-state index contributed by atoms with van der Waals surface area (Å²) in [5, 5.41) is 1.61. The summed E-state index contributed by atoms with van der Waals surface area (Å²) in [6, 6.07) is 13.9. The Kier molecular flexibility index (Phi) is 3.84. The Balaban J connectivity index is 1.73. The van der Waals surface area contributed by atoms with Crippen LogP contribution >= 0.6 is 12.2 Å². The predicted molar refractivity (Wildman–Crippen MR) is 110 cm³/mol. The van der Waals surface area contributed by atoms with Crippen LogP contribution in [0.4, 0.5) is 4.39 Å². The molecule has 2 atom stereocenters. The van der Waals surface area contributed by atoms with Gasteiger partial charge in [-0.2, -0.15) is 0 Å². The number of halogens is 1. The van der Waals surface area contributed by atoms with Crippen molar-refractivity contribution in [3.05, 3.63) is 83.8 Å². The summed E-state index contributed by atoms with van der Waals surface area (Å²) < 4.78 is 13.6. The molecule has 2 aromatic carbocycles. The number of benzene rings is 2. The average molecular weight is 391 g/mol. The molecule has 6 heteroatoms. The molecule has 0 spiro atoms. The van der Waals surface area contributed by atoms with Crippen molar-refractivity contribution in [1.82, 2.24) is 14.8 Å². The number of aromatic amines is 1. The molecule has 4 nitrogen and oxygen atoms in total. The lowest BCUT2D eigenvalue weighted by Gasteiger charge is -2.37. The van der Waals surface area contributed by atoms with Crippen molar-refractivity contribution in [2.45, 2.75) is 18.5 Å². The first-order valence-electron chi connectivity index (χ1n) is 9.19. The van der Waals surface area contributed by atoms with Gasteiger partial charge < -0.3 is 9.88 Å². The van der Waals surface area contributed by atoms with Gasteiger partial charge in [0.2, 0.25) is 0 Å². The predicted octanol–water partition coefficient (Wildman–Crippen LogP) is 3.94. The summed E-state index contributed by atoms with van der Waals surface area (Å²) >= 11 is 5.69. The molecule has 140 valence electrons. The fourth-order valence-corrected chi connectivity index (χ4v) is 4.82. The van der Waals surface area contributed by atoms with E-state index >= 15 is 0 Å². The number of carbonyl (C=O) groups is 1. The summed E-state index contributed by atoms with van der Waals surface area (Å²) in [6.07, 6.45) is 2.27. The van der Waals surface area contributed by atoms with Crippen LogP contribution in [0.2, 0.25) is 0 Å². The maximum atomic E-state index is 13.6. The van der Waals surface area contributed by atoms with Gasteiger partial charge in [-0.05, 0) is 41.5 Å². The quantitative estimate of drug-likeness (QED) is 0.543. The van der Waals surface area contributed by atoms with Gasteiger partial charge in [0.1, 0.15) is 11.9 Å². The van der Waals surface area contributed by atoms with Crippen molar-refractivity contribution in [2.75, 3.05) is 6.54 Å². The highest BCUT2D eigenvalue weighted by Gasteiger charge is 2.50. The summed E-state index contributed by atoms with van der Waals surface area (Å²) in [4.78, 5) is 20.2. The fraction of sp³-hybridized carbons (Fsp3) is 0.182. The third-order valence-corrected chi connectivity index (χ3v) is 6.06. The number of H-pyrrole nitrogens is 1. The van der Waals surface area contributed by atoms with Crippen molar-refractivity contribution in [3.8, 4) is 0 Å². The van der Waals surface area contributed by atoms with E-state index in [1.165, 1.54) is 12.1 Å². The van der Waals surface area contributed by atoms with Crippen LogP contribution in [-0.2, 0) is 11.2 Å². The smallest absolute Gasteiger partial charge is 0.252 e. The molecule has 5 rings (SSSR count). The molecule has 1 saturated heterocycles. The number of amides is 1. The first-order chi connectivity index (χ1) is 13.6. The van der Waals surface area contributed by atoms with Gasteiger partial charge in [0.25, 0.3) is 5.91 Å². The molecule has 1 N–H and O–H groups in total. The molecule has 3 aromatic rings. The molecule has 0 aliphatic carbocycles. The van der Waals surface area contributed by atoms with Crippen LogP contribution in [0.15, 0.2) is 61.2 Å². The largest absolute Gasteiger partial charge is 0.356 e. The number of nitrogens with zero attached hydrogens (tertiary/aromatic N) is 2. The molecule has 3 heterocycles. The number of aromatic nitrogens is 1. The number of thiocarbonyl (C=S) groups is 1. The van der Waals surface area contributed by atoms with E-state index in [4.69, 9.17) is 12.2 Å². The van der Waals surface area contributed by atoms with E-state index in [-0.39, 0.29) is 23.8 Å². The molecule has 1 amide bonds. The highest BCUT2D eigenvalue weighted by molar-refractivity contribution is 7.80. The van der Waals surface area contributed by atoms with E-state index in [2.05, 4.69) is 17.6 Å². The lowest BCUT2D eigenvalue weighted by molar-refractivity contribution is -0.128. The zero-order valence-electron chi connectivity index (χ0n) is 15.1. The first-order valence-corrected chi connectivity index (χ1v) is 9.60. The Morgan fingerprint density at radius 3 is 2.71 bits per heavy atom. The summed E-state index contributed by atoms with van der Waals surface area (Å²) in [5.74, 6) is -0.297. The SMILES string of the molecule is C=CCN1C(=O)[C@@H]2Cc3c([nH]c4ccccc34)[C@H](c3ccc(F)cc3)N2C1=S. The Morgan fingerprint density at radius 1 is 1.21 bits per heavy atom. The molecule has 1 fully saturated rings. The Bertz CT molecular complexity index is 1120. The molecule has 0 unspecified atom stereocenters. The van der Waals surface area contributed by atoms with E-state index < -0.39 is 0 Å². The maximum Gasteiger partial charge on any atom is 0.252 e. The van der Waals surface area contributed by atoms with Gasteiger partial charge in [0.05, 0.1) is 6.04 Å². The standard InChI is InChI=1S/C22H18FN3OS/c1-2-11-25-21(27)18-12-16-15-5-3-4-6-17(15)24-19(16)20(26(18)22(25)28)13-7-9-14(23)10-8-13/h2-10,18,20,24H,1,11-12H2/t18-,20-/m0/s1. The number of nitrogens with one attached hydrogen (secondary N) is 1. The number of fused-ring (bicyclic) bond motifs is 4. The monoisotopic (exact) mass is 391 g/mol. The lowest BCUT2D eigenvalue weighted by Crippen LogP contribution is -2.44. The molecule has 2 aliphatic heterocycles. The first kappa shape index (κ1) is 17.1. The van der Waals surface area contributed by atoms with E-state index in [1.54, 1.807) is 23.1 Å². The van der Waals surface area contributed by atoms with Gasteiger partial charge >= 0.3 is 0 Å². The molecule has 0 bridgehead atoms. The van der Waals surface area contributed by atoms with E-state index in [1.807, 2.05) is 23.1 Å². The van der Waals surface area contributed by atoms with Crippen LogP contribution in [0.1, 0.15) is 22.9 Å². The fourth-order valence-electron chi connectivity index (χ4n) is 4.42. The Morgan fingerprint density at radius 2 is 1.96 bits per heavy atom. The van der Waals surface area contributed by atoms with Crippen LogP contribution in [0.5, 0.6) is 0 Å². The number of carbonyl (C=O) groups excluding carboxylic acids is 1. The molecule has 1 aromatic heterocycles. The van der Waals surface area contributed by atoms with Crippen LogP contribution in [0, 0.1) is 5.82 Å². The zero-order chi connectivity index (χ0) is 19.4. The Labute approximate surface area is 167 Å². The third-order valence-electron chi connectivity index (χ3n) is 5.63. The second-order valence-electron chi connectivity index (χ2n) is 7.16. The van der Waals surface area contributed by atoms with E-state index in [0.29, 0.717) is 18.1 Å². The van der Waals surface area contributed by atoms with Crippen LogP contribution in [-0.4, -0.2) is 38.4 Å². The molecule has 0 radical (unpaired) electrons. The van der Waals surface area contributed by atoms with Crippen LogP contribution in [0.25, 0.3) is 10.9 Å². The Hall–Kier alpha value is -2.99. The van der Waals surface area contributed by atoms with E-state index in [0.717, 1.165) is 27.7 Å². The maximum absolute atomic E-state index is 13.6. The highest BCUT2D eigenvalue weighted by atomic mass is 32.1. The topological polar surface area (TPSA) is 39.3 Å². The van der Waals surface area contributed by atoms with Crippen molar-refractivity contribution in [2.24, 2.45) is 0 Å². The highest BCUT2D eigenvalue weighted by Crippen LogP contribution is 2.43.